The zero-order chi connectivity index (χ0) is 47.2. The molecule has 28 heteroatoms. The van der Waals surface area contributed by atoms with Crippen LogP contribution in [0.5, 0.6) is 0 Å². The van der Waals surface area contributed by atoms with Gasteiger partial charge in [0.15, 0.2) is 0 Å². The summed E-state index contributed by atoms with van der Waals surface area (Å²) in [6, 6.07) is 19.3. The van der Waals surface area contributed by atoms with E-state index in [4.69, 9.17) is 91.9 Å². The first-order chi connectivity index (χ1) is 28.4. The van der Waals surface area contributed by atoms with Crippen LogP contribution in [0.4, 0.5) is 17.5 Å². The van der Waals surface area contributed by atoms with Crippen molar-refractivity contribution < 1.29 is 66.4 Å². The standard InChI is InChI=1S/C10H8ClN3O.C6H7BO2.C4H4ClN3O.C4H4ClNO2.C4H5N3O.3C2H4O2.Cu/c11-8-6-14(10(15)13-9(8)12)7-4-2-1-3-5-7;8-7(9)6-4-2-1-3-5-6;5-2-1-7-4(9)8-3(2)6;5-6-3(7)1-2-4(6)8;5-3-1-2-6-4(8)7-3;3*1-2(3)4;/h1-6H,(H2,12,13,15);1-5,8-9H;1H,(H3,6,7,8,9);1-2H2;1-2H,(H3,5,6,7,8);3*1H3,(H,3,4);. The van der Waals surface area contributed by atoms with Crippen LogP contribution in [0, 0.1) is 0 Å². The van der Waals surface area contributed by atoms with E-state index in [1.807, 2.05) is 24.3 Å². The second-order valence-corrected chi connectivity index (χ2v) is 11.8. The molecule has 5 aromatic rings. The largest absolute Gasteiger partial charge is 0.488 e. The first-order valence-corrected chi connectivity index (χ1v) is 17.4. The number of aliphatic carboxylic acids is 3. The molecule has 4 heterocycles. The third-order valence-corrected chi connectivity index (χ3v) is 6.49. The number of carbonyl (C=O) groups is 5. The maximum atomic E-state index is 11.5. The molecule has 0 saturated carbocycles. The predicted octanol–water partition coefficient (Wildman–Crippen LogP) is 0.752. The number of H-pyrrole nitrogens is 2. The van der Waals surface area contributed by atoms with E-state index in [1.165, 1.54) is 29.2 Å². The van der Waals surface area contributed by atoms with Crippen molar-refractivity contribution in [3.05, 3.63) is 127 Å². The SMILES string of the molecule is CC(=O)O.CC(=O)O.CC(=O)O.Nc1[nH]c(=O)ncc1Cl.Nc1ccnc(=O)[nH]1.Nc1nc(=O)n(-c2ccccc2)cc1Cl.O=C1CCC(=O)N1Cl.OB(O)c1ccccc1.[Cu]. The number of nitrogens with two attached hydrogens (primary N) is 3. The Morgan fingerprint density at radius 2 is 1.15 bits per heavy atom. The number of rotatable bonds is 2. The van der Waals surface area contributed by atoms with Crippen LogP contribution >= 0.6 is 35.0 Å². The third kappa shape index (κ3) is 30.4. The molecule has 1 fully saturated rings. The predicted molar refractivity (Wildman–Crippen MR) is 226 cm³/mol. The molecule has 0 spiro atoms. The number of halogens is 3. The topological polar surface area (TPSA) is 394 Å². The average Bonchev–Trinajstić information content (AvgIpc) is 3.46. The maximum absolute atomic E-state index is 11.5. The number of nitrogen functional groups attached to an aromatic ring is 3. The summed E-state index contributed by atoms with van der Waals surface area (Å²) in [5, 5.41) is 39.9. The molecule has 1 aliphatic heterocycles. The summed E-state index contributed by atoms with van der Waals surface area (Å²) in [6.45, 7) is 3.25. The van der Waals surface area contributed by atoms with Gasteiger partial charge in [-0.1, -0.05) is 71.7 Å². The Labute approximate surface area is 376 Å². The molecule has 2 aromatic carbocycles. The number of carboxylic acids is 3. The number of carboxylic acid groups (broad SMARTS) is 3. The summed E-state index contributed by atoms with van der Waals surface area (Å²) in [6.07, 6.45) is 4.55. The minimum Gasteiger partial charge on any atom is -0.481 e. The van der Waals surface area contributed by atoms with Crippen LogP contribution in [0.3, 0.4) is 0 Å². The molecule has 339 valence electrons. The fraction of sp³-hybridized carbons (Fsp3) is 0.147. The van der Waals surface area contributed by atoms with E-state index in [2.05, 4.69) is 24.9 Å². The van der Waals surface area contributed by atoms with Crippen LogP contribution in [-0.4, -0.2) is 96.1 Å². The van der Waals surface area contributed by atoms with Gasteiger partial charge in [-0.2, -0.15) is 9.40 Å². The Kier molecular flexibility index (Phi) is 31.9. The van der Waals surface area contributed by atoms with E-state index in [-0.39, 0.29) is 63.4 Å². The summed E-state index contributed by atoms with van der Waals surface area (Å²) in [7, 11) is -1.34. The molecule has 1 aliphatic rings. The van der Waals surface area contributed by atoms with Crippen molar-refractivity contribution in [3.8, 4) is 5.69 Å². The molecule has 2 amide bonds. The zero-order valence-corrected chi connectivity index (χ0v) is 35.7. The van der Waals surface area contributed by atoms with Gasteiger partial charge in [0.1, 0.15) is 17.5 Å². The molecular formula is C34H40BCl3CuN10O13. The smallest absolute Gasteiger partial charge is 0.481 e. The Morgan fingerprint density at radius 1 is 0.710 bits per heavy atom. The van der Waals surface area contributed by atoms with E-state index in [0.717, 1.165) is 20.8 Å². The number of hydrogen-bond donors (Lipinski definition) is 10. The summed E-state index contributed by atoms with van der Waals surface area (Å²) in [5.74, 6) is -2.55. The Morgan fingerprint density at radius 3 is 1.47 bits per heavy atom. The average molecular weight is 977 g/mol. The second-order valence-electron chi connectivity index (χ2n) is 10.7. The summed E-state index contributed by atoms with van der Waals surface area (Å²) < 4.78 is 1.98. The maximum Gasteiger partial charge on any atom is 0.488 e. The molecule has 0 bridgehead atoms. The molecule has 0 atom stereocenters. The summed E-state index contributed by atoms with van der Waals surface area (Å²) >= 11 is 16.4. The number of benzene rings is 2. The van der Waals surface area contributed by atoms with Crippen LogP contribution in [0.1, 0.15) is 33.6 Å². The number of aromatic amines is 2. The normalized spacial score (nSPS) is 10.2. The number of aromatic nitrogens is 6. The second kappa shape index (κ2) is 33.2. The summed E-state index contributed by atoms with van der Waals surface area (Å²) in [5.41, 5.74) is 15.7. The van der Waals surface area contributed by atoms with Crippen LogP contribution in [0.2, 0.25) is 10.0 Å². The molecule has 0 unspecified atom stereocenters. The van der Waals surface area contributed by atoms with E-state index in [0.29, 0.717) is 21.4 Å². The van der Waals surface area contributed by atoms with E-state index in [9.17, 15) is 24.0 Å². The van der Waals surface area contributed by atoms with Gasteiger partial charge >= 0.3 is 24.2 Å². The van der Waals surface area contributed by atoms with Crippen molar-refractivity contribution in [2.24, 2.45) is 0 Å². The monoisotopic (exact) mass is 975 g/mol. The Bertz CT molecular complexity index is 2270. The van der Waals surface area contributed by atoms with Gasteiger partial charge in [0.2, 0.25) is 11.8 Å². The van der Waals surface area contributed by atoms with Gasteiger partial charge in [-0.05, 0) is 23.7 Å². The number of amides is 2. The zero-order valence-electron chi connectivity index (χ0n) is 32.5. The number of imide groups is 1. The van der Waals surface area contributed by atoms with Crippen LogP contribution < -0.4 is 39.7 Å². The van der Waals surface area contributed by atoms with Crippen LogP contribution in [0.25, 0.3) is 5.69 Å². The van der Waals surface area contributed by atoms with Crippen molar-refractivity contribution >= 4 is 94.7 Å². The van der Waals surface area contributed by atoms with Crippen molar-refractivity contribution in [1.82, 2.24) is 33.9 Å². The molecule has 3 aromatic heterocycles. The minimum atomic E-state index is -1.34. The van der Waals surface area contributed by atoms with Gasteiger partial charge in [0.25, 0.3) is 17.9 Å². The number of para-hydroxylation sites is 1. The van der Waals surface area contributed by atoms with Gasteiger partial charge in [0.05, 0.1) is 21.9 Å². The molecule has 6 rings (SSSR count). The molecule has 23 nitrogen and oxygen atoms in total. The van der Waals surface area contributed by atoms with Crippen molar-refractivity contribution in [2.45, 2.75) is 33.6 Å². The molecular weight excluding hydrogens is 937 g/mol. The minimum absolute atomic E-state index is 0. The number of hydrogen-bond acceptors (Lipinski definition) is 16. The van der Waals surface area contributed by atoms with Gasteiger partial charge in [-0.15, -0.1) is 0 Å². The van der Waals surface area contributed by atoms with E-state index < -0.39 is 42.1 Å². The van der Waals surface area contributed by atoms with Gasteiger partial charge in [0, 0.05) is 74.9 Å². The number of carbonyl (C=O) groups excluding carboxylic acids is 2. The van der Waals surface area contributed by atoms with Gasteiger partial charge in [-0.3, -0.25) is 38.5 Å². The van der Waals surface area contributed by atoms with Crippen molar-refractivity contribution in [1.29, 1.82) is 0 Å². The fourth-order valence-corrected chi connectivity index (χ4v) is 3.57. The number of anilines is 3. The van der Waals surface area contributed by atoms with Crippen molar-refractivity contribution in [3.63, 3.8) is 0 Å². The first kappa shape index (κ1) is 59.7. The van der Waals surface area contributed by atoms with Crippen LogP contribution in [0.15, 0.2) is 99.7 Å². The summed E-state index contributed by atoms with van der Waals surface area (Å²) in [4.78, 5) is 94.6. The number of nitrogens with zero attached hydrogens (tertiary/aromatic N) is 5. The number of nitrogens with one attached hydrogen (secondary N) is 2. The molecule has 0 aliphatic carbocycles. The molecule has 1 saturated heterocycles. The van der Waals surface area contributed by atoms with Crippen molar-refractivity contribution in [2.75, 3.05) is 17.2 Å². The van der Waals surface area contributed by atoms with E-state index >= 15 is 0 Å². The Balaban J connectivity index is -0.000000668. The molecule has 62 heavy (non-hydrogen) atoms. The Hall–Kier alpha value is -6.60. The van der Waals surface area contributed by atoms with Gasteiger partial charge < -0.3 is 42.6 Å². The molecule has 1 radical (unpaired) electrons. The third-order valence-electron chi connectivity index (χ3n) is 5.52. The van der Waals surface area contributed by atoms with E-state index in [1.54, 1.807) is 36.4 Å². The first-order valence-electron chi connectivity index (χ1n) is 16.3. The molecule has 13 N–H and O–H groups in total. The van der Waals surface area contributed by atoms with Crippen LogP contribution in [-0.2, 0) is 41.0 Å². The van der Waals surface area contributed by atoms with Gasteiger partial charge in [-0.25, -0.2) is 24.4 Å². The quantitative estimate of drug-likeness (QED) is 0.0663. The fourth-order valence-electron chi connectivity index (χ4n) is 3.17.